The molecule has 1 aliphatic carbocycles. The Hall–Kier alpha value is -0.820. The van der Waals surface area contributed by atoms with E-state index in [1.807, 2.05) is 0 Å². The van der Waals surface area contributed by atoms with E-state index in [-0.39, 0.29) is 0 Å². The molecule has 1 heteroatoms. The van der Waals surface area contributed by atoms with Crippen molar-refractivity contribution in [3.8, 4) is 0 Å². The fourth-order valence-corrected chi connectivity index (χ4v) is 3.09. The molecule has 1 fully saturated rings. The molecule has 3 unspecified atom stereocenters. The number of hydrogen-bond donors (Lipinski definition) is 1. The predicted molar refractivity (Wildman–Crippen MR) is 73.9 cm³/mol. The van der Waals surface area contributed by atoms with Crippen LogP contribution in [-0.4, -0.2) is 6.04 Å². The van der Waals surface area contributed by atoms with Gasteiger partial charge < -0.3 is 5.73 Å². The van der Waals surface area contributed by atoms with E-state index < -0.39 is 0 Å². The van der Waals surface area contributed by atoms with Gasteiger partial charge in [-0.1, -0.05) is 50.1 Å². The van der Waals surface area contributed by atoms with Crippen LogP contribution in [0.3, 0.4) is 0 Å². The zero-order chi connectivity index (χ0) is 12.1. The first-order valence-electron chi connectivity index (χ1n) is 7.09. The van der Waals surface area contributed by atoms with Gasteiger partial charge in [0.2, 0.25) is 0 Å². The highest BCUT2D eigenvalue weighted by Crippen LogP contribution is 2.35. The van der Waals surface area contributed by atoms with Gasteiger partial charge in [-0.15, -0.1) is 0 Å². The molecule has 94 valence electrons. The van der Waals surface area contributed by atoms with Crippen LogP contribution in [0.1, 0.15) is 44.6 Å². The number of aryl methyl sites for hydroxylation is 1. The molecule has 1 aromatic rings. The maximum absolute atomic E-state index is 6.34. The minimum absolute atomic E-state index is 0.409. The highest BCUT2D eigenvalue weighted by atomic mass is 14.7. The van der Waals surface area contributed by atoms with Crippen LogP contribution in [0.2, 0.25) is 0 Å². The Morgan fingerprint density at radius 2 is 2.00 bits per heavy atom. The number of nitrogens with two attached hydrogens (primary N) is 1. The first-order valence-corrected chi connectivity index (χ1v) is 7.09. The van der Waals surface area contributed by atoms with E-state index >= 15 is 0 Å². The van der Waals surface area contributed by atoms with E-state index in [9.17, 15) is 0 Å². The van der Waals surface area contributed by atoms with E-state index in [0.717, 1.165) is 24.7 Å². The Morgan fingerprint density at radius 3 is 2.65 bits per heavy atom. The Kier molecular flexibility index (Phi) is 4.61. The van der Waals surface area contributed by atoms with Crippen LogP contribution in [0.5, 0.6) is 0 Å². The Morgan fingerprint density at radius 1 is 1.24 bits per heavy atom. The van der Waals surface area contributed by atoms with Crippen LogP contribution < -0.4 is 5.73 Å². The molecular weight excluding hydrogens is 206 g/mol. The van der Waals surface area contributed by atoms with Crippen LogP contribution in [0.15, 0.2) is 30.3 Å². The maximum Gasteiger partial charge on any atom is 0.00704 e. The molecule has 0 saturated heterocycles. The van der Waals surface area contributed by atoms with Crippen LogP contribution >= 0.6 is 0 Å². The van der Waals surface area contributed by atoms with Crippen molar-refractivity contribution in [2.45, 2.75) is 51.5 Å². The molecular formula is C16H25N. The monoisotopic (exact) mass is 231 g/mol. The first-order chi connectivity index (χ1) is 8.29. The van der Waals surface area contributed by atoms with Crippen molar-refractivity contribution in [2.24, 2.45) is 17.6 Å². The molecule has 2 N–H and O–H groups in total. The molecule has 0 spiro atoms. The van der Waals surface area contributed by atoms with E-state index in [2.05, 4.69) is 37.3 Å². The highest BCUT2D eigenvalue weighted by Gasteiger charge is 2.27. The number of hydrogen-bond acceptors (Lipinski definition) is 1. The van der Waals surface area contributed by atoms with Gasteiger partial charge in [0, 0.05) is 6.04 Å². The largest absolute Gasteiger partial charge is 0.327 e. The van der Waals surface area contributed by atoms with Gasteiger partial charge in [-0.3, -0.25) is 0 Å². The lowest BCUT2D eigenvalue weighted by Crippen LogP contribution is -2.29. The first kappa shape index (κ1) is 12.6. The molecule has 3 atom stereocenters. The second-order valence-corrected chi connectivity index (χ2v) is 5.54. The van der Waals surface area contributed by atoms with E-state index in [1.54, 1.807) is 0 Å². The zero-order valence-corrected chi connectivity index (χ0v) is 10.9. The van der Waals surface area contributed by atoms with Crippen LogP contribution in [-0.2, 0) is 6.42 Å². The summed E-state index contributed by atoms with van der Waals surface area (Å²) in [5, 5.41) is 0. The van der Waals surface area contributed by atoms with Gasteiger partial charge in [-0.05, 0) is 43.1 Å². The van der Waals surface area contributed by atoms with Gasteiger partial charge in [-0.2, -0.15) is 0 Å². The van der Waals surface area contributed by atoms with Crippen molar-refractivity contribution in [3.63, 3.8) is 0 Å². The Balaban J connectivity index is 1.76. The molecule has 0 radical (unpaired) electrons. The summed E-state index contributed by atoms with van der Waals surface area (Å²) in [4.78, 5) is 0. The zero-order valence-electron chi connectivity index (χ0n) is 10.9. The summed E-state index contributed by atoms with van der Waals surface area (Å²) in [5.41, 5.74) is 7.77. The summed E-state index contributed by atoms with van der Waals surface area (Å²) >= 11 is 0. The molecule has 1 aliphatic rings. The van der Waals surface area contributed by atoms with Gasteiger partial charge in [0.05, 0.1) is 0 Å². The maximum atomic E-state index is 6.34. The highest BCUT2D eigenvalue weighted by molar-refractivity contribution is 5.14. The molecule has 1 nitrogen and oxygen atoms in total. The van der Waals surface area contributed by atoms with Crippen LogP contribution in [0.25, 0.3) is 0 Å². The fraction of sp³-hybridized carbons (Fsp3) is 0.625. The summed E-state index contributed by atoms with van der Waals surface area (Å²) in [6, 6.07) is 11.1. The lowest BCUT2D eigenvalue weighted by molar-refractivity contribution is 0.390. The van der Waals surface area contributed by atoms with Gasteiger partial charge in [0.15, 0.2) is 0 Å². The quantitative estimate of drug-likeness (QED) is 0.820. The predicted octanol–water partition coefficient (Wildman–Crippen LogP) is 3.77. The standard InChI is InChI=1S/C16H25N/c1-2-13-8-10-15(12-13)16(17)11-9-14-6-4-3-5-7-14/h3-7,13,15-16H,2,8-12,17H2,1H3. The Bertz CT molecular complexity index is 320. The normalized spacial score (nSPS) is 26.0. The topological polar surface area (TPSA) is 26.0 Å². The number of benzene rings is 1. The van der Waals surface area contributed by atoms with E-state index in [4.69, 9.17) is 5.73 Å². The Labute approximate surface area is 105 Å². The molecule has 0 heterocycles. The second-order valence-electron chi connectivity index (χ2n) is 5.54. The second kappa shape index (κ2) is 6.20. The molecule has 1 saturated carbocycles. The van der Waals surface area contributed by atoms with Crippen LogP contribution in [0, 0.1) is 11.8 Å². The molecule has 17 heavy (non-hydrogen) atoms. The molecule has 0 amide bonds. The van der Waals surface area contributed by atoms with Crippen molar-refractivity contribution in [1.29, 1.82) is 0 Å². The van der Waals surface area contributed by atoms with E-state index in [1.165, 1.54) is 31.2 Å². The molecule has 1 aromatic carbocycles. The van der Waals surface area contributed by atoms with Gasteiger partial charge in [0.25, 0.3) is 0 Å². The van der Waals surface area contributed by atoms with Crippen molar-refractivity contribution >= 4 is 0 Å². The fourth-order valence-electron chi connectivity index (χ4n) is 3.09. The summed E-state index contributed by atoms with van der Waals surface area (Å²) in [6.07, 6.45) is 7.74. The third kappa shape index (κ3) is 3.57. The molecule has 2 rings (SSSR count). The third-order valence-corrected chi connectivity index (χ3v) is 4.37. The average Bonchev–Trinajstić information content (AvgIpc) is 2.86. The molecule has 0 aliphatic heterocycles. The lowest BCUT2D eigenvalue weighted by Gasteiger charge is -2.19. The van der Waals surface area contributed by atoms with Crippen molar-refractivity contribution in [2.75, 3.05) is 0 Å². The summed E-state index contributed by atoms with van der Waals surface area (Å²) < 4.78 is 0. The van der Waals surface area contributed by atoms with Crippen LogP contribution in [0.4, 0.5) is 0 Å². The SMILES string of the molecule is CCC1CCC(C(N)CCc2ccccc2)C1. The van der Waals surface area contributed by atoms with Crippen molar-refractivity contribution in [1.82, 2.24) is 0 Å². The minimum atomic E-state index is 0.409. The van der Waals surface area contributed by atoms with Gasteiger partial charge in [-0.25, -0.2) is 0 Å². The minimum Gasteiger partial charge on any atom is -0.327 e. The summed E-state index contributed by atoms with van der Waals surface area (Å²) in [7, 11) is 0. The lowest BCUT2D eigenvalue weighted by atomic mass is 9.92. The molecule has 0 bridgehead atoms. The van der Waals surface area contributed by atoms with Crippen molar-refractivity contribution in [3.05, 3.63) is 35.9 Å². The summed E-state index contributed by atoms with van der Waals surface area (Å²) in [5.74, 6) is 1.73. The average molecular weight is 231 g/mol. The third-order valence-electron chi connectivity index (χ3n) is 4.37. The van der Waals surface area contributed by atoms with E-state index in [0.29, 0.717) is 6.04 Å². The van der Waals surface area contributed by atoms with Gasteiger partial charge >= 0.3 is 0 Å². The van der Waals surface area contributed by atoms with Gasteiger partial charge in [0.1, 0.15) is 0 Å². The number of rotatable bonds is 5. The molecule has 0 aromatic heterocycles. The smallest absolute Gasteiger partial charge is 0.00704 e. The van der Waals surface area contributed by atoms with Crippen molar-refractivity contribution < 1.29 is 0 Å². The summed E-state index contributed by atoms with van der Waals surface area (Å²) in [6.45, 7) is 2.31.